The van der Waals surface area contributed by atoms with Gasteiger partial charge in [0.15, 0.2) is 6.29 Å². The van der Waals surface area contributed by atoms with Crippen molar-refractivity contribution in [3.63, 3.8) is 0 Å². The molecule has 0 aromatic heterocycles. The Bertz CT molecular complexity index is 1570. The van der Waals surface area contributed by atoms with Crippen molar-refractivity contribution in [3.05, 3.63) is 137 Å². The van der Waals surface area contributed by atoms with Gasteiger partial charge in [-0.3, -0.25) is 14.5 Å². The molecule has 0 aliphatic carbocycles. The van der Waals surface area contributed by atoms with E-state index in [0.29, 0.717) is 29.8 Å². The predicted molar refractivity (Wildman–Crippen MR) is 166 cm³/mol. The van der Waals surface area contributed by atoms with Crippen LogP contribution in [0.4, 0.5) is 5.69 Å². The molecule has 8 nitrogen and oxygen atoms in total. The van der Waals surface area contributed by atoms with Crippen LogP contribution < -0.4 is 4.90 Å². The van der Waals surface area contributed by atoms with E-state index < -0.39 is 12.4 Å². The highest BCUT2D eigenvalue weighted by Gasteiger charge is 2.37. The molecule has 0 bridgehead atoms. The Labute approximate surface area is 257 Å². The number of nitrogens with zero attached hydrogens (tertiary/aromatic N) is 2. The molecular formula is C36H36N2O6. The number of likely N-dealkylation sites (N-methyl/N-ethyl adjacent to an activating group) is 1. The predicted octanol–water partition coefficient (Wildman–Crippen LogP) is 5.58. The van der Waals surface area contributed by atoms with Gasteiger partial charge in [0.2, 0.25) is 0 Å². The van der Waals surface area contributed by atoms with Crippen LogP contribution in [0.1, 0.15) is 74.8 Å². The van der Waals surface area contributed by atoms with E-state index >= 15 is 0 Å². The lowest BCUT2D eigenvalue weighted by molar-refractivity contribution is -0.253. The van der Waals surface area contributed by atoms with Crippen LogP contribution in [-0.4, -0.2) is 52.7 Å². The molecule has 4 aromatic carbocycles. The zero-order chi connectivity index (χ0) is 30.8. The molecule has 6 rings (SSSR count). The number of hydrogen-bond acceptors (Lipinski definition) is 7. The van der Waals surface area contributed by atoms with Gasteiger partial charge in [-0.05, 0) is 54.9 Å². The molecule has 5 atom stereocenters. The second kappa shape index (κ2) is 12.8. The van der Waals surface area contributed by atoms with Crippen LogP contribution >= 0.6 is 0 Å². The first-order valence-electron chi connectivity index (χ1n) is 14.9. The van der Waals surface area contributed by atoms with Crippen molar-refractivity contribution in [2.24, 2.45) is 0 Å². The molecule has 2 aliphatic heterocycles. The molecule has 5 unspecified atom stereocenters. The minimum atomic E-state index is -0.699. The molecule has 44 heavy (non-hydrogen) atoms. The summed E-state index contributed by atoms with van der Waals surface area (Å²) in [6, 6.07) is 31.1. The summed E-state index contributed by atoms with van der Waals surface area (Å²) >= 11 is 0. The van der Waals surface area contributed by atoms with E-state index in [2.05, 4.69) is 4.90 Å². The van der Waals surface area contributed by atoms with Gasteiger partial charge in [0, 0.05) is 24.6 Å². The molecule has 0 saturated carbocycles. The van der Waals surface area contributed by atoms with Gasteiger partial charge in [-0.1, -0.05) is 78.9 Å². The maximum absolute atomic E-state index is 13.0. The average molecular weight is 593 g/mol. The van der Waals surface area contributed by atoms with E-state index in [0.717, 1.165) is 22.3 Å². The van der Waals surface area contributed by atoms with Crippen molar-refractivity contribution >= 4 is 17.5 Å². The Kier molecular flexibility index (Phi) is 8.70. The van der Waals surface area contributed by atoms with Gasteiger partial charge >= 0.3 is 0 Å². The van der Waals surface area contributed by atoms with Gasteiger partial charge in [0.25, 0.3) is 11.8 Å². The lowest BCUT2D eigenvalue weighted by Crippen LogP contribution is -2.43. The lowest BCUT2D eigenvalue weighted by Gasteiger charge is -2.39. The molecule has 0 spiro atoms. The summed E-state index contributed by atoms with van der Waals surface area (Å²) in [7, 11) is 1.98. The third kappa shape index (κ3) is 5.95. The smallest absolute Gasteiger partial charge is 0.266 e. The van der Waals surface area contributed by atoms with E-state index in [9.17, 15) is 19.8 Å². The summed E-state index contributed by atoms with van der Waals surface area (Å²) < 4.78 is 13.0. The lowest BCUT2D eigenvalue weighted by atomic mass is 9.98. The minimum absolute atomic E-state index is 0.0357. The van der Waals surface area contributed by atoms with E-state index in [-0.39, 0.29) is 36.7 Å². The van der Waals surface area contributed by atoms with E-state index in [1.807, 2.05) is 80.7 Å². The standard InChI is InChI=1S/C36H36N2O6/c1-23(33(40)26-8-4-3-5-9-26)37(2)21-29-20-32(25-14-12-24(22-39)13-15-25)44-36(43-29)27-16-18-28(19-17-27)38-34(41)30-10-6-7-11-31(30)35(38)42/h3-19,23,29,32-33,36,39-40H,20-22H2,1-2H3. The van der Waals surface area contributed by atoms with Gasteiger partial charge in [-0.15, -0.1) is 0 Å². The molecule has 2 heterocycles. The Hall–Kier alpha value is -4.18. The normalized spacial score (nSPS) is 21.4. The number of anilines is 1. The van der Waals surface area contributed by atoms with Crippen molar-refractivity contribution in [2.45, 2.75) is 50.6 Å². The second-order valence-electron chi connectivity index (χ2n) is 11.5. The topological polar surface area (TPSA) is 99.5 Å². The van der Waals surface area contributed by atoms with Gasteiger partial charge in [-0.2, -0.15) is 0 Å². The Morgan fingerprint density at radius 1 is 0.818 bits per heavy atom. The molecule has 8 heteroatoms. The highest BCUT2D eigenvalue weighted by atomic mass is 16.7. The molecule has 4 aromatic rings. The summed E-state index contributed by atoms with van der Waals surface area (Å²) in [5, 5.41) is 20.5. The van der Waals surface area contributed by atoms with E-state index in [1.54, 1.807) is 36.4 Å². The molecule has 2 aliphatic rings. The first kappa shape index (κ1) is 29.9. The molecule has 1 fully saturated rings. The number of hydrogen-bond donors (Lipinski definition) is 2. The van der Waals surface area contributed by atoms with Crippen molar-refractivity contribution < 1.29 is 29.3 Å². The van der Waals surface area contributed by atoms with Gasteiger partial charge in [-0.25, -0.2) is 4.90 Å². The van der Waals surface area contributed by atoms with Crippen molar-refractivity contribution in [3.8, 4) is 0 Å². The third-order valence-corrected chi connectivity index (χ3v) is 8.62. The SMILES string of the molecule is CC(C(O)c1ccccc1)N(C)CC1CC(c2ccc(CO)cc2)OC(c2ccc(N3C(=O)c4ccccc4C3=O)cc2)O1. The number of carbonyl (C=O) groups excluding carboxylic acids is 2. The quantitative estimate of drug-likeness (QED) is 0.245. The molecular weight excluding hydrogens is 556 g/mol. The van der Waals surface area contributed by atoms with Crippen LogP contribution in [0.15, 0.2) is 103 Å². The van der Waals surface area contributed by atoms with Crippen LogP contribution in [-0.2, 0) is 16.1 Å². The molecule has 2 amide bonds. The summed E-state index contributed by atoms with van der Waals surface area (Å²) in [6.07, 6.45) is -1.25. The molecule has 0 radical (unpaired) electrons. The van der Waals surface area contributed by atoms with Crippen molar-refractivity contribution in [2.75, 3.05) is 18.5 Å². The first-order chi connectivity index (χ1) is 21.3. The fourth-order valence-electron chi connectivity index (χ4n) is 5.89. The number of rotatable bonds is 9. The zero-order valence-electron chi connectivity index (χ0n) is 24.7. The number of ether oxygens (including phenoxy) is 2. The summed E-state index contributed by atoms with van der Waals surface area (Å²) in [6.45, 7) is 2.52. The number of benzene rings is 4. The average Bonchev–Trinajstić information content (AvgIpc) is 3.33. The van der Waals surface area contributed by atoms with Gasteiger partial charge in [0.1, 0.15) is 0 Å². The summed E-state index contributed by atoms with van der Waals surface area (Å²) in [5.74, 6) is -0.686. The monoisotopic (exact) mass is 592 g/mol. The van der Waals surface area contributed by atoms with E-state index in [4.69, 9.17) is 9.47 Å². The Morgan fingerprint density at radius 3 is 2.02 bits per heavy atom. The fourth-order valence-corrected chi connectivity index (χ4v) is 5.89. The highest BCUT2D eigenvalue weighted by Crippen LogP contribution is 2.39. The summed E-state index contributed by atoms with van der Waals surface area (Å²) in [4.78, 5) is 29.3. The Balaban J connectivity index is 1.22. The number of aliphatic hydroxyl groups is 2. The molecule has 1 saturated heterocycles. The number of fused-ring (bicyclic) bond motifs is 1. The number of amides is 2. The molecule has 226 valence electrons. The maximum Gasteiger partial charge on any atom is 0.266 e. The number of aliphatic hydroxyl groups excluding tert-OH is 2. The van der Waals surface area contributed by atoms with Crippen LogP contribution in [0, 0.1) is 0 Å². The number of carbonyl (C=O) groups is 2. The van der Waals surface area contributed by atoms with Gasteiger partial charge in [0.05, 0.1) is 41.7 Å². The number of imide groups is 1. The molecule has 2 N–H and O–H groups in total. The van der Waals surface area contributed by atoms with E-state index in [1.165, 1.54) is 4.90 Å². The minimum Gasteiger partial charge on any atom is -0.392 e. The zero-order valence-corrected chi connectivity index (χ0v) is 24.7. The van der Waals surface area contributed by atoms with Gasteiger partial charge < -0.3 is 19.7 Å². The fraction of sp³-hybridized carbons (Fsp3) is 0.278. The largest absolute Gasteiger partial charge is 0.392 e. The van der Waals surface area contributed by atoms with Crippen LogP contribution in [0.3, 0.4) is 0 Å². The second-order valence-corrected chi connectivity index (χ2v) is 11.5. The summed E-state index contributed by atoms with van der Waals surface area (Å²) in [5.41, 5.74) is 4.68. The first-order valence-corrected chi connectivity index (χ1v) is 14.9. The highest BCUT2D eigenvalue weighted by molar-refractivity contribution is 6.34. The third-order valence-electron chi connectivity index (χ3n) is 8.62. The Morgan fingerprint density at radius 2 is 1.41 bits per heavy atom. The van der Waals surface area contributed by atoms with Crippen molar-refractivity contribution in [1.82, 2.24) is 4.90 Å². The van der Waals surface area contributed by atoms with Crippen LogP contribution in [0.2, 0.25) is 0 Å². The van der Waals surface area contributed by atoms with Crippen LogP contribution in [0.25, 0.3) is 0 Å². The van der Waals surface area contributed by atoms with Crippen LogP contribution in [0.5, 0.6) is 0 Å². The maximum atomic E-state index is 13.0. The van der Waals surface area contributed by atoms with Crippen molar-refractivity contribution in [1.29, 1.82) is 0 Å².